The third-order valence-electron chi connectivity index (χ3n) is 2.79. The average molecular weight is 288 g/mol. The third kappa shape index (κ3) is 3.68. The van der Waals surface area contributed by atoms with Crippen LogP contribution < -0.4 is 5.32 Å². The van der Waals surface area contributed by atoms with Gasteiger partial charge in [-0.3, -0.25) is 9.59 Å². The summed E-state index contributed by atoms with van der Waals surface area (Å²) in [5.74, 6) is -0.347. The molecule has 1 aromatic carbocycles. The summed E-state index contributed by atoms with van der Waals surface area (Å²) in [7, 11) is 1.62. The van der Waals surface area contributed by atoms with Crippen molar-refractivity contribution in [2.45, 2.75) is 6.92 Å². The molecular weight excluding hydrogens is 272 g/mol. The van der Waals surface area contributed by atoms with Gasteiger partial charge in [0.25, 0.3) is 5.91 Å². The minimum atomic E-state index is -0.207. The lowest BCUT2D eigenvalue weighted by atomic mass is 10.2. The van der Waals surface area contributed by atoms with Crippen molar-refractivity contribution in [3.8, 4) is 0 Å². The second-order valence-corrected chi connectivity index (χ2v) is 5.50. The molecule has 2 amide bonds. The Balaban J connectivity index is 1.91. The van der Waals surface area contributed by atoms with Gasteiger partial charge in [0.05, 0.1) is 11.4 Å². The Kier molecular flexibility index (Phi) is 4.53. The molecule has 1 N–H and O–H groups in total. The van der Waals surface area contributed by atoms with Gasteiger partial charge in [-0.15, -0.1) is 11.3 Å². The van der Waals surface area contributed by atoms with Crippen LogP contribution in [0.1, 0.15) is 15.2 Å². The van der Waals surface area contributed by atoms with E-state index in [-0.39, 0.29) is 18.4 Å². The van der Waals surface area contributed by atoms with Crippen molar-refractivity contribution in [3.05, 3.63) is 52.2 Å². The first kappa shape index (κ1) is 14.3. The van der Waals surface area contributed by atoms with Gasteiger partial charge in [-0.2, -0.15) is 0 Å². The molecule has 2 rings (SSSR count). The number of carbonyl (C=O) groups excluding carboxylic acids is 2. The molecule has 0 fully saturated rings. The maximum atomic E-state index is 12.0. The van der Waals surface area contributed by atoms with E-state index < -0.39 is 0 Å². The molecule has 2 aromatic rings. The van der Waals surface area contributed by atoms with Crippen LogP contribution in [0.15, 0.2) is 41.8 Å². The van der Waals surface area contributed by atoms with Crippen LogP contribution in [0.5, 0.6) is 0 Å². The van der Waals surface area contributed by atoms with Crippen LogP contribution in [0.2, 0.25) is 0 Å². The molecule has 20 heavy (non-hydrogen) atoms. The average Bonchev–Trinajstić information content (AvgIpc) is 2.94. The number of benzene rings is 1. The van der Waals surface area contributed by atoms with Crippen LogP contribution in [0.25, 0.3) is 0 Å². The van der Waals surface area contributed by atoms with E-state index in [4.69, 9.17) is 0 Å². The Morgan fingerprint density at radius 2 is 1.90 bits per heavy atom. The standard InChI is InChI=1S/C15H16N2O2S/c1-11-5-7-12(8-6-11)16-14(18)10-17(2)15(19)13-4-3-9-20-13/h3-9H,10H2,1-2H3,(H,16,18). The highest BCUT2D eigenvalue weighted by Crippen LogP contribution is 2.12. The fraction of sp³-hybridized carbons (Fsp3) is 0.200. The molecule has 104 valence electrons. The summed E-state index contributed by atoms with van der Waals surface area (Å²) < 4.78 is 0. The second-order valence-electron chi connectivity index (χ2n) is 4.55. The smallest absolute Gasteiger partial charge is 0.264 e. The molecule has 0 atom stereocenters. The topological polar surface area (TPSA) is 49.4 Å². The van der Waals surface area contributed by atoms with Gasteiger partial charge in [0.2, 0.25) is 5.91 Å². The summed E-state index contributed by atoms with van der Waals surface area (Å²) in [6, 6.07) is 11.1. The Labute approximate surface area is 122 Å². The molecule has 0 aliphatic heterocycles. The van der Waals surface area contributed by atoms with E-state index in [0.29, 0.717) is 4.88 Å². The van der Waals surface area contributed by atoms with Crippen molar-refractivity contribution in [3.63, 3.8) is 0 Å². The number of rotatable bonds is 4. The van der Waals surface area contributed by atoms with Crippen molar-refractivity contribution < 1.29 is 9.59 Å². The van der Waals surface area contributed by atoms with E-state index >= 15 is 0 Å². The highest BCUT2D eigenvalue weighted by atomic mass is 32.1. The van der Waals surface area contributed by atoms with Gasteiger partial charge in [0.1, 0.15) is 0 Å². The number of hydrogen-bond donors (Lipinski definition) is 1. The lowest BCUT2D eigenvalue weighted by Crippen LogP contribution is -2.34. The number of anilines is 1. The summed E-state index contributed by atoms with van der Waals surface area (Å²) in [4.78, 5) is 25.9. The van der Waals surface area contributed by atoms with Crippen molar-refractivity contribution in [2.24, 2.45) is 0 Å². The number of nitrogens with one attached hydrogen (secondary N) is 1. The van der Waals surface area contributed by atoms with E-state index in [1.165, 1.54) is 16.2 Å². The summed E-state index contributed by atoms with van der Waals surface area (Å²) in [6.07, 6.45) is 0. The third-order valence-corrected chi connectivity index (χ3v) is 3.65. The van der Waals surface area contributed by atoms with Crippen molar-refractivity contribution in [2.75, 3.05) is 18.9 Å². The van der Waals surface area contributed by atoms with E-state index in [1.807, 2.05) is 42.6 Å². The number of aryl methyl sites for hydroxylation is 1. The number of hydrogen-bond acceptors (Lipinski definition) is 3. The number of thiophene rings is 1. The van der Waals surface area contributed by atoms with Gasteiger partial charge in [-0.25, -0.2) is 0 Å². The maximum absolute atomic E-state index is 12.0. The normalized spacial score (nSPS) is 10.1. The quantitative estimate of drug-likeness (QED) is 0.940. The van der Waals surface area contributed by atoms with Crippen LogP contribution in [-0.4, -0.2) is 30.3 Å². The lowest BCUT2D eigenvalue weighted by molar-refractivity contribution is -0.116. The molecule has 0 aliphatic rings. The number of likely N-dealkylation sites (N-methyl/N-ethyl adjacent to an activating group) is 1. The first-order valence-electron chi connectivity index (χ1n) is 6.22. The number of amides is 2. The summed E-state index contributed by atoms with van der Waals surface area (Å²) in [5, 5.41) is 4.61. The molecule has 0 unspecified atom stereocenters. The van der Waals surface area contributed by atoms with E-state index in [1.54, 1.807) is 13.1 Å². The zero-order valence-electron chi connectivity index (χ0n) is 11.4. The van der Waals surface area contributed by atoms with Gasteiger partial charge < -0.3 is 10.2 Å². The fourth-order valence-electron chi connectivity index (χ4n) is 1.71. The summed E-state index contributed by atoms with van der Waals surface area (Å²) >= 11 is 1.37. The monoisotopic (exact) mass is 288 g/mol. The van der Waals surface area contributed by atoms with E-state index in [9.17, 15) is 9.59 Å². The first-order chi connectivity index (χ1) is 9.56. The minimum Gasteiger partial charge on any atom is -0.332 e. The second kappa shape index (κ2) is 6.34. The Morgan fingerprint density at radius 3 is 2.50 bits per heavy atom. The molecule has 0 saturated carbocycles. The predicted octanol–water partition coefficient (Wildman–Crippen LogP) is 2.77. The zero-order chi connectivity index (χ0) is 14.5. The highest BCUT2D eigenvalue weighted by molar-refractivity contribution is 7.12. The lowest BCUT2D eigenvalue weighted by Gasteiger charge is -2.15. The van der Waals surface area contributed by atoms with Crippen LogP contribution in [0, 0.1) is 6.92 Å². The molecule has 1 heterocycles. The molecule has 0 bridgehead atoms. The predicted molar refractivity (Wildman–Crippen MR) is 81.1 cm³/mol. The highest BCUT2D eigenvalue weighted by Gasteiger charge is 2.15. The van der Waals surface area contributed by atoms with Gasteiger partial charge in [0.15, 0.2) is 0 Å². The van der Waals surface area contributed by atoms with Crippen molar-refractivity contribution in [1.82, 2.24) is 4.90 Å². The van der Waals surface area contributed by atoms with Crippen LogP contribution in [0.3, 0.4) is 0 Å². The molecule has 0 spiro atoms. The van der Waals surface area contributed by atoms with Gasteiger partial charge in [-0.05, 0) is 30.5 Å². The molecule has 5 heteroatoms. The van der Waals surface area contributed by atoms with E-state index in [0.717, 1.165) is 11.3 Å². The summed E-state index contributed by atoms with van der Waals surface area (Å²) in [5.41, 5.74) is 1.87. The molecular formula is C15H16N2O2S. The van der Waals surface area contributed by atoms with Crippen molar-refractivity contribution >= 4 is 28.8 Å². The Morgan fingerprint density at radius 1 is 1.20 bits per heavy atom. The first-order valence-corrected chi connectivity index (χ1v) is 7.10. The molecule has 4 nitrogen and oxygen atoms in total. The SMILES string of the molecule is Cc1ccc(NC(=O)CN(C)C(=O)c2cccs2)cc1. The van der Waals surface area contributed by atoms with Crippen LogP contribution >= 0.6 is 11.3 Å². The summed E-state index contributed by atoms with van der Waals surface area (Å²) in [6.45, 7) is 2.02. The van der Waals surface area contributed by atoms with Gasteiger partial charge in [-0.1, -0.05) is 23.8 Å². The van der Waals surface area contributed by atoms with Crippen LogP contribution in [0.4, 0.5) is 5.69 Å². The fourth-order valence-corrected chi connectivity index (χ4v) is 2.43. The molecule has 0 aliphatic carbocycles. The molecule has 0 saturated heterocycles. The Hall–Kier alpha value is -2.14. The largest absolute Gasteiger partial charge is 0.332 e. The zero-order valence-corrected chi connectivity index (χ0v) is 12.2. The number of carbonyl (C=O) groups is 2. The Bertz CT molecular complexity index is 591. The molecule has 1 aromatic heterocycles. The van der Waals surface area contributed by atoms with Gasteiger partial charge >= 0.3 is 0 Å². The van der Waals surface area contributed by atoms with Gasteiger partial charge in [0, 0.05) is 12.7 Å². The number of nitrogens with zero attached hydrogens (tertiary/aromatic N) is 1. The van der Waals surface area contributed by atoms with Crippen LogP contribution in [-0.2, 0) is 4.79 Å². The molecule has 0 radical (unpaired) electrons. The minimum absolute atomic E-state index is 0.0324. The van der Waals surface area contributed by atoms with Crippen molar-refractivity contribution in [1.29, 1.82) is 0 Å². The maximum Gasteiger partial charge on any atom is 0.264 e. The van der Waals surface area contributed by atoms with E-state index in [2.05, 4.69) is 5.32 Å².